The summed E-state index contributed by atoms with van der Waals surface area (Å²) in [5.74, 6) is 0. The summed E-state index contributed by atoms with van der Waals surface area (Å²) < 4.78 is 0. The van der Waals surface area contributed by atoms with E-state index in [1.54, 1.807) is 0 Å². The third kappa shape index (κ3) is 4.53. The molecule has 9 aromatic rings. The van der Waals surface area contributed by atoms with Crippen molar-refractivity contribution >= 4 is 55.0 Å². The lowest BCUT2D eigenvalue weighted by Gasteiger charge is -2.48. The molecule has 1 heteroatoms. The number of nitrogens with zero attached hydrogens (tertiary/aromatic N) is 1. The van der Waals surface area contributed by atoms with Gasteiger partial charge in [-0.05, 0) is 148 Å². The second-order valence-electron chi connectivity index (χ2n) is 19.1. The second-order valence-corrected chi connectivity index (χ2v) is 19.1. The molecule has 4 aliphatic rings. The third-order valence-corrected chi connectivity index (χ3v) is 15.4. The van der Waals surface area contributed by atoms with E-state index in [1.165, 1.54) is 110 Å². The molecule has 0 saturated carbocycles. The maximum absolute atomic E-state index is 2.57. The summed E-state index contributed by atoms with van der Waals surface area (Å²) in [4.78, 5) is 2.55. The molecule has 9 aromatic carbocycles. The average Bonchev–Trinajstić information content (AvgIpc) is 3.73. The van der Waals surface area contributed by atoms with E-state index in [0.717, 1.165) is 18.5 Å². The minimum absolute atomic E-state index is 0.133. The van der Waals surface area contributed by atoms with Crippen molar-refractivity contribution in [3.05, 3.63) is 238 Å². The largest absolute Gasteiger partial charge is 0.310 e. The Bertz CT molecular complexity index is 3400. The molecule has 296 valence electrons. The van der Waals surface area contributed by atoms with Gasteiger partial charge in [0.1, 0.15) is 0 Å². The monoisotopic (exact) mass is 793 g/mol. The van der Waals surface area contributed by atoms with Gasteiger partial charge in [0.2, 0.25) is 0 Å². The lowest BCUT2D eigenvalue weighted by molar-refractivity contribution is 0.550. The first-order valence-corrected chi connectivity index (χ1v) is 22.4. The van der Waals surface area contributed by atoms with E-state index < -0.39 is 5.41 Å². The van der Waals surface area contributed by atoms with E-state index in [2.05, 4.69) is 221 Å². The molecule has 13 rings (SSSR count). The second kappa shape index (κ2) is 12.6. The minimum Gasteiger partial charge on any atom is -0.310 e. The van der Waals surface area contributed by atoms with Crippen LogP contribution in [0.3, 0.4) is 0 Å². The van der Waals surface area contributed by atoms with Crippen LogP contribution in [0.25, 0.3) is 49.0 Å². The van der Waals surface area contributed by atoms with Gasteiger partial charge in [0.25, 0.3) is 0 Å². The van der Waals surface area contributed by atoms with Gasteiger partial charge in [-0.25, -0.2) is 0 Å². The first-order chi connectivity index (χ1) is 30.3. The molecule has 0 aromatic heterocycles. The van der Waals surface area contributed by atoms with Crippen LogP contribution in [0.4, 0.5) is 17.1 Å². The van der Waals surface area contributed by atoms with Crippen molar-refractivity contribution in [2.24, 2.45) is 0 Å². The van der Waals surface area contributed by atoms with Gasteiger partial charge in [-0.15, -0.1) is 0 Å². The van der Waals surface area contributed by atoms with Crippen molar-refractivity contribution in [3.63, 3.8) is 0 Å². The molecule has 0 amide bonds. The number of hydrogen-bond acceptors (Lipinski definition) is 1. The summed E-state index contributed by atoms with van der Waals surface area (Å²) in [5.41, 5.74) is 19.6. The Balaban J connectivity index is 1.11. The van der Waals surface area contributed by atoms with Gasteiger partial charge >= 0.3 is 0 Å². The van der Waals surface area contributed by atoms with Crippen molar-refractivity contribution in [2.45, 2.75) is 56.8 Å². The van der Waals surface area contributed by atoms with E-state index in [4.69, 9.17) is 0 Å². The highest BCUT2D eigenvalue weighted by Crippen LogP contribution is 2.63. The van der Waals surface area contributed by atoms with Crippen LogP contribution in [0.1, 0.15) is 85.0 Å². The number of rotatable bonds is 3. The van der Waals surface area contributed by atoms with Crippen LogP contribution < -0.4 is 4.90 Å². The molecule has 0 N–H and O–H groups in total. The molecule has 0 bridgehead atoms. The van der Waals surface area contributed by atoms with Crippen molar-refractivity contribution in [2.75, 3.05) is 4.90 Å². The summed E-state index contributed by atoms with van der Waals surface area (Å²) in [6, 6.07) is 67.3. The summed E-state index contributed by atoms with van der Waals surface area (Å²) in [7, 11) is 0. The molecule has 0 unspecified atom stereocenters. The van der Waals surface area contributed by atoms with E-state index in [1.807, 2.05) is 0 Å². The molecular formula is C61H47N. The fourth-order valence-electron chi connectivity index (χ4n) is 12.6. The molecule has 0 aliphatic heterocycles. The first kappa shape index (κ1) is 35.8. The Labute approximate surface area is 364 Å². The standard InChI is InChI=1S/C61H47N/c1-59(2)51-23-11-9-21-46(51)48-33-30-39(36-57(48)59)62(38-29-32-45-43-19-6-5-17-41(43)42-18-7-8-20-44(42)50(45)35-38)40-31-34-49-47-22-10-12-24-52(47)61(58(49)37-40)55-27-15-13-25-53(55)60(3,4)54-26-14-16-28-56(54)61/h5-11,13-23,25-37H,12,24H2,1-4H3. The molecule has 1 nitrogen and oxygen atoms in total. The SMILES string of the molecule is CC1(C)c2ccccc2-c2ccc(N(c3ccc4c(c3)C3(C5=C4C=CCC5)c4ccccc4C(C)(C)c4ccccc43)c3ccc4c5ccccc5c5ccccc5c4c3)cc21. The number of allylic oxidation sites excluding steroid dienone is 4. The highest BCUT2D eigenvalue weighted by atomic mass is 15.1. The fourth-order valence-corrected chi connectivity index (χ4v) is 12.6. The van der Waals surface area contributed by atoms with E-state index in [9.17, 15) is 0 Å². The smallest absolute Gasteiger partial charge is 0.0683 e. The highest BCUT2D eigenvalue weighted by Gasteiger charge is 2.54. The Hall–Kier alpha value is -6.96. The molecule has 62 heavy (non-hydrogen) atoms. The zero-order valence-electron chi connectivity index (χ0n) is 35.8. The lowest BCUT2D eigenvalue weighted by Crippen LogP contribution is -2.41. The van der Waals surface area contributed by atoms with E-state index in [-0.39, 0.29) is 10.8 Å². The first-order valence-electron chi connectivity index (χ1n) is 22.4. The third-order valence-electron chi connectivity index (χ3n) is 15.4. The van der Waals surface area contributed by atoms with E-state index >= 15 is 0 Å². The van der Waals surface area contributed by atoms with Crippen LogP contribution in [0, 0.1) is 0 Å². The number of anilines is 3. The number of fused-ring (bicyclic) bond motifs is 17. The van der Waals surface area contributed by atoms with E-state index in [0.29, 0.717) is 0 Å². The van der Waals surface area contributed by atoms with Crippen LogP contribution >= 0.6 is 0 Å². The molecule has 0 atom stereocenters. The molecule has 0 radical (unpaired) electrons. The van der Waals surface area contributed by atoms with Crippen LogP contribution in [0.2, 0.25) is 0 Å². The Morgan fingerprint density at radius 2 is 0.823 bits per heavy atom. The van der Waals surface area contributed by atoms with Crippen LogP contribution in [0.5, 0.6) is 0 Å². The van der Waals surface area contributed by atoms with Crippen molar-refractivity contribution in [3.8, 4) is 11.1 Å². The maximum Gasteiger partial charge on any atom is 0.0683 e. The zero-order chi connectivity index (χ0) is 41.5. The Morgan fingerprint density at radius 1 is 0.371 bits per heavy atom. The molecular weight excluding hydrogens is 747 g/mol. The summed E-state index contributed by atoms with van der Waals surface area (Å²) in [6.45, 7) is 9.62. The van der Waals surface area contributed by atoms with Crippen molar-refractivity contribution in [1.29, 1.82) is 0 Å². The van der Waals surface area contributed by atoms with Gasteiger partial charge in [0.15, 0.2) is 0 Å². The van der Waals surface area contributed by atoms with Gasteiger partial charge in [0, 0.05) is 27.9 Å². The molecule has 4 aliphatic carbocycles. The predicted octanol–water partition coefficient (Wildman–Crippen LogP) is 16.0. The minimum atomic E-state index is -0.403. The Kier molecular flexibility index (Phi) is 7.24. The quantitative estimate of drug-likeness (QED) is 0.161. The average molecular weight is 794 g/mol. The van der Waals surface area contributed by atoms with Gasteiger partial charge in [0.05, 0.1) is 5.41 Å². The molecule has 0 heterocycles. The summed E-state index contributed by atoms with van der Waals surface area (Å²) in [5, 5.41) is 7.71. The highest BCUT2D eigenvalue weighted by molar-refractivity contribution is 6.25. The predicted molar refractivity (Wildman–Crippen MR) is 261 cm³/mol. The fraction of sp³-hybridized carbons (Fsp3) is 0.148. The molecule has 1 spiro atoms. The van der Waals surface area contributed by atoms with Crippen molar-refractivity contribution < 1.29 is 0 Å². The maximum atomic E-state index is 2.57. The summed E-state index contributed by atoms with van der Waals surface area (Å²) in [6.07, 6.45) is 6.90. The lowest BCUT2D eigenvalue weighted by atomic mass is 9.54. The summed E-state index contributed by atoms with van der Waals surface area (Å²) >= 11 is 0. The van der Waals surface area contributed by atoms with Gasteiger partial charge in [-0.1, -0.05) is 179 Å². The van der Waals surface area contributed by atoms with Gasteiger partial charge in [-0.3, -0.25) is 0 Å². The van der Waals surface area contributed by atoms with Gasteiger partial charge < -0.3 is 4.90 Å². The number of benzene rings is 9. The van der Waals surface area contributed by atoms with Crippen LogP contribution in [-0.2, 0) is 16.2 Å². The zero-order valence-corrected chi connectivity index (χ0v) is 35.8. The molecule has 0 fully saturated rings. The van der Waals surface area contributed by atoms with Crippen LogP contribution in [0.15, 0.2) is 194 Å². The number of hydrogen-bond donors (Lipinski definition) is 0. The topological polar surface area (TPSA) is 3.24 Å². The molecule has 0 saturated heterocycles. The van der Waals surface area contributed by atoms with Crippen molar-refractivity contribution in [1.82, 2.24) is 0 Å². The van der Waals surface area contributed by atoms with Gasteiger partial charge in [-0.2, -0.15) is 0 Å². The Morgan fingerprint density at radius 3 is 1.47 bits per heavy atom. The van der Waals surface area contributed by atoms with Crippen LogP contribution in [-0.4, -0.2) is 0 Å². The normalized spacial score (nSPS) is 16.8.